The van der Waals surface area contributed by atoms with E-state index in [0.717, 1.165) is 24.9 Å². The van der Waals surface area contributed by atoms with Crippen LogP contribution in [0.25, 0.3) is 0 Å². The lowest BCUT2D eigenvalue weighted by atomic mass is 10.1. The zero-order valence-electron chi connectivity index (χ0n) is 11.3. The topological polar surface area (TPSA) is 40.5 Å². The molecule has 1 aromatic carbocycles. The monoisotopic (exact) mass is 319 g/mol. The molecule has 1 saturated heterocycles. The van der Waals surface area contributed by atoms with Crippen molar-refractivity contribution in [3.63, 3.8) is 0 Å². The van der Waals surface area contributed by atoms with Crippen LogP contribution in [0.3, 0.4) is 0 Å². The van der Waals surface area contributed by atoms with Crippen LogP contribution in [0, 0.1) is 0 Å². The molecule has 1 aromatic rings. The van der Waals surface area contributed by atoms with Gasteiger partial charge in [0, 0.05) is 17.5 Å². The van der Waals surface area contributed by atoms with Crippen molar-refractivity contribution in [2.45, 2.75) is 42.3 Å². The number of alkyl halides is 3. The van der Waals surface area contributed by atoms with E-state index in [1.54, 1.807) is 12.1 Å². The molecule has 21 heavy (non-hydrogen) atoms. The average Bonchev–Trinajstić information content (AvgIpc) is 2.76. The maximum absolute atomic E-state index is 12.2. The Bertz CT molecular complexity index is 490. The standard InChI is InChI=1S/C14H16F3NO2S/c15-14(16,17)21-12-5-3-10(4-6-12)9-18-7-1-2-11(18)8-13(19)20/h3-6,11H,1-2,7-9H2,(H,19,20). The predicted octanol–water partition coefficient (Wildman–Crippen LogP) is 3.74. The van der Waals surface area contributed by atoms with E-state index in [0.29, 0.717) is 6.54 Å². The van der Waals surface area contributed by atoms with Crippen LogP contribution in [0.5, 0.6) is 0 Å². The molecule has 0 amide bonds. The molecule has 0 saturated carbocycles. The highest BCUT2D eigenvalue weighted by Gasteiger charge is 2.29. The van der Waals surface area contributed by atoms with E-state index in [1.807, 2.05) is 0 Å². The molecule has 2 rings (SSSR count). The summed E-state index contributed by atoms with van der Waals surface area (Å²) in [6.45, 7) is 1.41. The number of carboxylic acid groups (broad SMARTS) is 1. The summed E-state index contributed by atoms with van der Waals surface area (Å²) >= 11 is -0.130. The van der Waals surface area contributed by atoms with Crippen LogP contribution in [0.15, 0.2) is 29.2 Å². The van der Waals surface area contributed by atoms with E-state index < -0.39 is 11.5 Å². The van der Waals surface area contributed by atoms with Crippen LogP contribution >= 0.6 is 11.8 Å². The van der Waals surface area contributed by atoms with E-state index in [1.165, 1.54) is 12.1 Å². The molecule has 0 radical (unpaired) electrons. The van der Waals surface area contributed by atoms with Crippen molar-refractivity contribution in [1.82, 2.24) is 4.90 Å². The molecule has 7 heteroatoms. The van der Waals surface area contributed by atoms with Gasteiger partial charge in [-0.1, -0.05) is 12.1 Å². The van der Waals surface area contributed by atoms with Crippen molar-refractivity contribution < 1.29 is 23.1 Å². The molecule has 3 nitrogen and oxygen atoms in total. The zero-order chi connectivity index (χ0) is 15.5. The van der Waals surface area contributed by atoms with Gasteiger partial charge in [-0.2, -0.15) is 13.2 Å². The molecule has 1 unspecified atom stereocenters. The summed E-state index contributed by atoms with van der Waals surface area (Å²) < 4.78 is 36.7. The number of benzene rings is 1. The van der Waals surface area contributed by atoms with E-state index in [4.69, 9.17) is 5.11 Å². The summed E-state index contributed by atoms with van der Waals surface area (Å²) in [5.41, 5.74) is -3.37. The first-order valence-electron chi connectivity index (χ1n) is 6.64. The summed E-state index contributed by atoms with van der Waals surface area (Å²) in [7, 11) is 0. The number of thioether (sulfide) groups is 1. The van der Waals surface area contributed by atoms with Gasteiger partial charge in [-0.3, -0.25) is 9.69 Å². The third-order valence-electron chi connectivity index (χ3n) is 3.45. The molecule has 1 heterocycles. The lowest BCUT2D eigenvalue weighted by Gasteiger charge is -2.23. The molecule has 1 atom stereocenters. The third kappa shape index (κ3) is 5.24. The fraction of sp³-hybridized carbons (Fsp3) is 0.500. The minimum Gasteiger partial charge on any atom is -0.481 e. The highest BCUT2D eigenvalue weighted by molar-refractivity contribution is 8.00. The lowest BCUT2D eigenvalue weighted by Crippen LogP contribution is -2.30. The predicted molar refractivity (Wildman–Crippen MR) is 74.0 cm³/mol. The Labute approximate surface area is 125 Å². The minimum absolute atomic E-state index is 0.0201. The average molecular weight is 319 g/mol. The van der Waals surface area contributed by atoms with E-state index in [9.17, 15) is 18.0 Å². The second-order valence-corrected chi connectivity index (χ2v) is 6.19. The molecule has 0 aliphatic carbocycles. The van der Waals surface area contributed by atoms with Crippen LogP contribution in [-0.2, 0) is 11.3 Å². The van der Waals surface area contributed by atoms with Gasteiger partial charge >= 0.3 is 11.5 Å². The van der Waals surface area contributed by atoms with Gasteiger partial charge in [0.2, 0.25) is 0 Å². The molecule has 1 aliphatic rings. The summed E-state index contributed by atoms with van der Waals surface area (Å²) in [5.74, 6) is -0.816. The van der Waals surface area contributed by atoms with Crippen molar-refractivity contribution in [1.29, 1.82) is 0 Å². The number of likely N-dealkylation sites (tertiary alicyclic amines) is 1. The molecule has 1 fully saturated rings. The number of rotatable bonds is 5. The highest BCUT2D eigenvalue weighted by atomic mass is 32.2. The Hall–Kier alpha value is -1.21. The Morgan fingerprint density at radius 1 is 1.33 bits per heavy atom. The Morgan fingerprint density at radius 3 is 2.57 bits per heavy atom. The van der Waals surface area contributed by atoms with Crippen LogP contribution in [0.2, 0.25) is 0 Å². The second-order valence-electron chi connectivity index (χ2n) is 5.06. The molecule has 0 bridgehead atoms. The Balaban J connectivity index is 1.95. The quantitative estimate of drug-likeness (QED) is 0.840. The van der Waals surface area contributed by atoms with Crippen LogP contribution in [0.4, 0.5) is 13.2 Å². The van der Waals surface area contributed by atoms with Gasteiger partial charge in [-0.25, -0.2) is 0 Å². The Morgan fingerprint density at radius 2 is 2.00 bits per heavy atom. The van der Waals surface area contributed by atoms with Crippen LogP contribution in [0.1, 0.15) is 24.8 Å². The van der Waals surface area contributed by atoms with Gasteiger partial charge in [0.05, 0.1) is 6.42 Å². The summed E-state index contributed by atoms with van der Waals surface area (Å²) in [6.07, 6.45) is 1.93. The number of halogens is 3. The number of hydrogen-bond donors (Lipinski definition) is 1. The number of carbonyl (C=O) groups is 1. The molecular formula is C14H16F3NO2S. The molecule has 1 aliphatic heterocycles. The number of hydrogen-bond acceptors (Lipinski definition) is 3. The first-order valence-corrected chi connectivity index (χ1v) is 7.46. The minimum atomic E-state index is -4.27. The van der Waals surface area contributed by atoms with Crippen molar-refractivity contribution in [3.05, 3.63) is 29.8 Å². The van der Waals surface area contributed by atoms with E-state index in [-0.39, 0.29) is 29.1 Å². The van der Waals surface area contributed by atoms with Gasteiger partial charge in [-0.15, -0.1) is 0 Å². The fourth-order valence-corrected chi connectivity index (χ4v) is 3.11. The SMILES string of the molecule is O=C(O)CC1CCCN1Cc1ccc(SC(F)(F)F)cc1. The van der Waals surface area contributed by atoms with E-state index >= 15 is 0 Å². The highest BCUT2D eigenvalue weighted by Crippen LogP contribution is 2.36. The van der Waals surface area contributed by atoms with Gasteiger partial charge in [0.1, 0.15) is 0 Å². The van der Waals surface area contributed by atoms with Crippen molar-refractivity contribution in [2.75, 3.05) is 6.54 Å². The number of aliphatic carboxylic acids is 1. The largest absolute Gasteiger partial charge is 0.481 e. The maximum Gasteiger partial charge on any atom is 0.446 e. The third-order valence-corrected chi connectivity index (χ3v) is 4.19. The van der Waals surface area contributed by atoms with Crippen molar-refractivity contribution in [2.24, 2.45) is 0 Å². The normalized spacial score (nSPS) is 19.9. The first-order chi connectivity index (χ1) is 9.83. The molecule has 0 spiro atoms. The summed E-state index contributed by atoms with van der Waals surface area (Å²) in [4.78, 5) is 13.0. The Kier molecular flexibility index (Phi) is 5.16. The zero-order valence-corrected chi connectivity index (χ0v) is 12.1. The van der Waals surface area contributed by atoms with Crippen LogP contribution in [-0.4, -0.2) is 34.1 Å². The van der Waals surface area contributed by atoms with Crippen LogP contribution < -0.4 is 0 Å². The van der Waals surface area contributed by atoms with Crippen molar-refractivity contribution in [3.8, 4) is 0 Å². The molecule has 1 N–H and O–H groups in total. The molecule has 116 valence electrons. The lowest BCUT2D eigenvalue weighted by molar-refractivity contribution is -0.138. The first kappa shape index (κ1) is 16.2. The van der Waals surface area contributed by atoms with E-state index in [2.05, 4.69) is 4.90 Å². The van der Waals surface area contributed by atoms with Gasteiger partial charge in [0.15, 0.2) is 0 Å². The van der Waals surface area contributed by atoms with Crippen molar-refractivity contribution >= 4 is 17.7 Å². The number of carboxylic acids is 1. The van der Waals surface area contributed by atoms with Gasteiger partial charge in [0.25, 0.3) is 0 Å². The molecule has 0 aromatic heterocycles. The van der Waals surface area contributed by atoms with Gasteiger partial charge < -0.3 is 5.11 Å². The number of nitrogens with zero attached hydrogens (tertiary/aromatic N) is 1. The summed E-state index contributed by atoms with van der Waals surface area (Å²) in [6, 6.07) is 6.27. The smallest absolute Gasteiger partial charge is 0.446 e. The van der Waals surface area contributed by atoms with Gasteiger partial charge in [-0.05, 0) is 48.8 Å². The maximum atomic E-state index is 12.2. The second kappa shape index (κ2) is 6.70. The molecular weight excluding hydrogens is 303 g/mol. The summed E-state index contributed by atoms with van der Waals surface area (Å²) in [5, 5.41) is 8.87. The fourth-order valence-electron chi connectivity index (χ4n) is 2.57.